The zero-order valence-corrected chi connectivity index (χ0v) is 43.3. The van der Waals surface area contributed by atoms with Crippen LogP contribution in [0.25, 0.3) is 44.3 Å². The fourth-order valence-corrected chi connectivity index (χ4v) is 10.6. The van der Waals surface area contributed by atoms with Crippen LogP contribution in [0.4, 0.5) is 0 Å². The Bertz CT molecular complexity index is 3140. The normalized spacial score (nSPS) is 23.8. The zero-order chi connectivity index (χ0) is 55.9. The predicted octanol–water partition coefficient (Wildman–Crippen LogP) is 2.10. The summed E-state index contributed by atoms with van der Waals surface area (Å²) in [5.74, 6) is -3.74. The van der Waals surface area contributed by atoms with E-state index in [9.17, 15) is 54.9 Å². The number of esters is 1. The Hall–Kier alpha value is -7.35. The van der Waals surface area contributed by atoms with Crippen LogP contribution in [-0.2, 0) is 23.9 Å². The average Bonchev–Trinajstić information content (AvgIpc) is 4.04. The molecular formula is C55H67N7O16. The molecule has 8 rings (SSSR count). The van der Waals surface area contributed by atoms with E-state index in [0.29, 0.717) is 47.0 Å². The highest BCUT2D eigenvalue weighted by Gasteiger charge is 2.72. The van der Waals surface area contributed by atoms with E-state index in [4.69, 9.17) is 34.2 Å². The number of hydrogen-bond donors (Lipinski definition) is 12. The smallest absolute Gasteiger partial charge is 0.336 e. The third kappa shape index (κ3) is 11.7. The zero-order valence-electron chi connectivity index (χ0n) is 43.3. The molecule has 10 unspecified atom stereocenters. The number of aromatic hydroxyl groups is 1. The Morgan fingerprint density at radius 2 is 1.77 bits per heavy atom. The molecule has 2 fully saturated rings. The van der Waals surface area contributed by atoms with Gasteiger partial charge in [0.1, 0.15) is 35.3 Å². The summed E-state index contributed by atoms with van der Waals surface area (Å²) in [7, 11) is 1.79. The number of carbonyl (C=O) groups excluding carboxylic acids is 2. The summed E-state index contributed by atoms with van der Waals surface area (Å²) < 4.78 is 26.4. The maximum Gasteiger partial charge on any atom is 0.336 e. The predicted molar refractivity (Wildman–Crippen MR) is 284 cm³/mol. The summed E-state index contributed by atoms with van der Waals surface area (Å²) in [6, 6.07) is 15.0. The van der Waals surface area contributed by atoms with E-state index in [1.807, 2.05) is 32.0 Å². The summed E-state index contributed by atoms with van der Waals surface area (Å²) in [4.78, 5) is 66.7. The van der Waals surface area contributed by atoms with Crippen molar-refractivity contribution in [3.63, 3.8) is 0 Å². The van der Waals surface area contributed by atoms with Crippen LogP contribution in [0, 0.1) is 19.8 Å². The fraction of sp³-hybridized carbons (Fsp3) is 0.436. The molecule has 0 radical (unpaired) electrons. The fourth-order valence-electron chi connectivity index (χ4n) is 10.6. The molecule has 0 bridgehead atoms. The van der Waals surface area contributed by atoms with Crippen LogP contribution < -0.4 is 36.7 Å². The summed E-state index contributed by atoms with van der Waals surface area (Å²) in [6.45, 7) is 2.10. The van der Waals surface area contributed by atoms with E-state index in [1.54, 1.807) is 37.6 Å². The first-order chi connectivity index (χ1) is 37.4. The van der Waals surface area contributed by atoms with E-state index in [-0.39, 0.29) is 65.3 Å². The number of aliphatic carboxylic acids is 1. The number of nitrogens with one attached hydrogen (secondary N) is 4. The number of phenols is 1. The number of carboxylic acids is 1. The molecule has 23 heteroatoms. The number of aldehydes is 1. The van der Waals surface area contributed by atoms with Crippen molar-refractivity contribution < 1.29 is 73.6 Å². The highest BCUT2D eigenvalue weighted by atomic mass is 16.8. The molecule has 3 aromatic carbocycles. The first kappa shape index (κ1) is 56.8. The lowest BCUT2D eigenvalue weighted by molar-refractivity contribution is -0.387. The molecule has 0 amide bonds. The van der Waals surface area contributed by atoms with Crippen molar-refractivity contribution in [2.24, 2.45) is 16.6 Å². The Morgan fingerprint density at radius 3 is 2.46 bits per heavy atom. The van der Waals surface area contributed by atoms with Crippen molar-refractivity contribution in [1.82, 2.24) is 25.7 Å². The maximum atomic E-state index is 14.2. The molecule has 1 aliphatic carbocycles. The van der Waals surface area contributed by atoms with Crippen LogP contribution in [0.15, 0.2) is 99.6 Å². The van der Waals surface area contributed by atoms with Gasteiger partial charge >= 0.3 is 11.9 Å². The number of H-pyrrole nitrogens is 1. The number of hydrogen-bond acceptors (Lipinski definition) is 18. The molecule has 10 atom stereocenters. The van der Waals surface area contributed by atoms with Crippen LogP contribution in [0.3, 0.4) is 0 Å². The quantitative estimate of drug-likeness (QED) is 0.00831. The highest BCUT2D eigenvalue weighted by Crippen LogP contribution is 2.45. The summed E-state index contributed by atoms with van der Waals surface area (Å²) in [6.07, 6.45) is -3.58. The van der Waals surface area contributed by atoms with Gasteiger partial charge in [-0.2, -0.15) is 4.73 Å². The number of phenolic OH excluding ortho intramolecular Hbond substituents is 1. The molecule has 6 aromatic rings. The topological polar surface area (TPSA) is 355 Å². The average molecular weight is 1080 g/mol. The van der Waals surface area contributed by atoms with Crippen LogP contribution in [0.5, 0.6) is 11.5 Å². The van der Waals surface area contributed by atoms with Crippen molar-refractivity contribution in [2.45, 2.75) is 113 Å². The minimum absolute atomic E-state index is 0.00491. The number of aliphatic hydroxyl groups is 5. The van der Waals surface area contributed by atoms with E-state index in [1.165, 1.54) is 41.3 Å². The number of aliphatic hydroxyl groups excluding tert-OH is 3. The van der Waals surface area contributed by atoms with Crippen molar-refractivity contribution in [3.8, 4) is 33.9 Å². The monoisotopic (exact) mass is 1080 g/mol. The van der Waals surface area contributed by atoms with Gasteiger partial charge < -0.3 is 85.4 Å². The first-order valence-corrected chi connectivity index (χ1v) is 25.7. The number of fused-ring (bicyclic) bond motifs is 2. The van der Waals surface area contributed by atoms with Crippen molar-refractivity contribution in [1.29, 1.82) is 0 Å². The van der Waals surface area contributed by atoms with E-state index in [2.05, 4.69) is 20.9 Å². The minimum atomic E-state index is -3.23. The van der Waals surface area contributed by atoms with Gasteiger partial charge in [0.25, 0.3) is 0 Å². The van der Waals surface area contributed by atoms with Gasteiger partial charge in [-0.15, -0.1) is 0 Å². The number of aliphatic imine (C=N–C) groups is 1. The van der Waals surface area contributed by atoms with Gasteiger partial charge in [0.2, 0.25) is 24.7 Å². The number of nitrogens with two attached hydrogens (primary N) is 1. The Balaban J connectivity index is 1.31. The molecule has 4 heterocycles. The van der Waals surface area contributed by atoms with E-state index >= 15 is 0 Å². The SMILES string of the molecule is CNCC1CCCCC1N=C(N)NC(OC(=O)C(NCCC=O)C(=O)O)C1OC(Oc2ccc3c(=O)c(-c4ccc(O)cc4)coc3c2)C(On2cc3cc[nH]c3c2-c2cc(C)cc(C)c2)C(O)(C(O)CCCO)C1(O)CO. The molecule has 1 saturated carbocycles. The van der Waals surface area contributed by atoms with Crippen LogP contribution >= 0.6 is 0 Å². The van der Waals surface area contributed by atoms with Gasteiger partial charge in [-0.3, -0.25) is 10.1 Å². The number of benzene rings is 3. The third-order valence-electron chi connectivity index (χ3n) is 14.4. The molecule has 2 aliphatic rings. The molecule has 23 nitrogen and oxygen atoms in total. The number of aryl methyl sites for hydroxylation is 2. The van der Waals surface area contributed by atoms with Crippen molar-refractivity contribution in [2.75, 3.05) is 33.4 Å². The molecule has 1 saturated heterocycles. The van der Waals surface area contributed by atoms with Gasteiger partial charge in [-0.1, -0.05) is 42.2 Å². The van der Waals surface area contributed by atoms with Crippen molar-refractivity contribution in [3.05, 3.63) is 107 Å². The Morgan fingerprint density at radius 1 is 1.03 bits per heavy atom. The molecule has 3 aromatic heterocycles. The van der Waals surface area contributed by atoms with Gasteiger partial charge in [0.05, 0.1) is 41.4 Å². The number of carbonyl (C=O) groups is 3. The second-order valence-electron chi connectivity index (χ2n) is 19.9. The van der Waals surface area contributed by atoms with Crippen LogP contribution in [0.1, 0.15) is 56.1 Å². The number of aromatic nitrogens is 2. The van der Waals surface area contributed by atoms with Crippen LogP contribution in [-0.4, -0.2) is 157 Å². The summed E-state index contributed by atoms with van der Waals surface area (Å²) in [5, 5.41) is 90.4. The summed E-state index contributed by atoms with van der Waals surface area (Å²) in [5.41, 5.74) is 3.76. The highest BCUT2D eigenvalue weighted by molar-refractivity contribution is 5.98. The first-order valence-electron chi connectivity index (χ1n) is 25.7. The largest absolute Gasteiger partial charge is 0.508 e. The van der Waals surface area contributed by atoms with E-state index in [0.717, 1.165) is 30.4 Å². The number of ether oxygens (including phenoxy) is 3. The second-order valence-corrected chi connectivity index (χ2v) is 19.9. The third-order valence-corrected chi connectivity index (χ3v) is 14.4. The molecule has 1 aliphatic heterocycles. The molecule has 0 spiro atoms. The van der Waals surface area contributed by atoms with E-state index < -0.39 is 85.1 Å². The van der Waals surface area contributed by atoms with Gasteiger partial charge in [0, 0.05) is 42.8 Å². The van der Waals surface area contributed by atoms with Crippen LogP contribution in [0.2, 0.25) is 0 Å². The number of rotatable bonds is 23. The number of nitrogens with zero attached hydrogens (tertiary/aromatic N) is 2. The number of carboxylic acid groups (broad SMARTS) is 1. The molecular weight excluding hydrogens is 1010 g/mol. The summed E-state index contributed by atoms with van der Waals surface area (Å²) >= 11 is 0. The number of aromatic amines is 1. The molecule has 13 N–H and O–H groups in total. The van der Waals surface area contributed by atoms with Gasteiger partial charge in [-0.25, -0.2) is 14.6 Å². The lowest BCUT2D eigenvalue weighted by Gasteiger charge is -2.57. The molecule has 418 valence electrons. The number of guanidine groups is 1. The lowest BCUT2D eigenvalue weighted by Crippen LogP contribution is -2.83. The maximum absolute atomic E-state index is 14.2. The minimum Gasteiger partial charge on any atom is -0.508 e. The lowest BCUT2D eigenvalue weighted by atomic mass is 9.68. The van der Waals surface area contributed by atoms with Gasteiger partial charge in [-0.05, 0) is 107 Å². The molecule has 78 heavy (non-hydrogen) atoms. The Labute approximate surface area is 447 Å². The second kappa shape index (κ2) is 24.5. The van der Waals surface area contributed by atoms with Crippen molar-refractivity contribution >= 4 is 46.1 Å². The standard InChI is InChI=1S/C55H67N7O16/c1-30-22-31(2)24-35(23-30)45-43-34(17-19-59-43)27-62(45)78-48-52(75-37-15-16-38-41(25-37)74-28-39(46(38)68)32-11-13-36(66)14-12-32)76-47(54(72,29-65)55(48,73)42(67)10-6-20-63)49(77-51(71)44(50(69)70)58-18-7-21-64)61-53(56)60-40-9-5-4-8-33(40)26-57-3/h11-17,19,21-25,27-28,33,40,42,44,47-49,52,57-59,63,65-67,72-73H,4-10,18,20,26,29H2,1-3H3,(H,69,70)(H3,56,60,61). The van der Waals surface area contributed by atoms with Gasteiger partial charge in [0.15, 0.2) is 28.7 Å². The Kier molecular flexibility index (Phi) is 17.9.